The largest absolute Gasteiger partial charge is 0.334 e. The molecule has 0 amide bonds. The summed E-state index contributed by atoms with van der Waals surface area (Å²) >= 11 is 5.81. The molecule has 1 aromatic rings. The monoisotopic (exact) mass is 293 g/mol. The van der Waals surface area contributed by atoms with Gasteiger partial charge in [-0.05, 0) is 27.2 Å². The molecule has 104 valence electrons. The zero-order valence-electron chi connectivity index (χ0n) is 11.2. The molecule has 0 aliphatic carbocycles. The third-order valence-corrected chi connectivity index (χ3v) is 5.12. The molecule has 0 fully saturated rings. The lowest BCUT2D eigenvalue weighted by molar-refractivity contribution is 0.443. The van der Waals surface area contributed by atoms with E-state index in [2.05, 4.69) is 9.71 Å². The van der Waals surface area contributed by atoms with Gasteiger partial charge in [0.15, 0.2) is 5.03 Å². The highest BCUT2D eigenvalue weighted by molar-refractivity contribution is 7.89. The number of nitrogens with one attached hydrogen (secondary N) is 1. The topological polar surface area (TPSA) is 64.0 Å². The molecular formula is C11H20ClN3O2S. The van der Waals surface area contributed by atoms with Crippen LogP contribution in [-0.4, -0.2) is 29.4 Å². The van der Waals surface area contributed by atoms with E-state index in [0.29, 0.717) is 18.8 Å². The number of alkyl halides is 1. The fourth-order valence-corrected chi connectivity index (χ4v) is 3.32. The summed E-state index contributed by atoms with van der Waals surface area (Å²) in [5.41, 5.74) is -0.649. The molecule has 0 saturated carbocycles. The van der Waals surface area contributed by atoms with Crippen LogP contribution in [0, 0.1) is 6.92 Å². The number of hydrogen-bond donors (Lipinski definition) is 1. The lowest BCUT2D eigenvalue weighted by atomic mass is 10.0. The Balaban J connectivity index is 3.06. The predicted molar refractivity (Wildman–Crippen MR) is 72.4 cm³/mol. The van der Waals surface area contributed by atoms with Gasteiger partial charge in [0.05, 0.1) is 0 Å². The van der Waals surface area contributed by atoms with Gasteiger partial charge in [-0.25, -0.2) is 18.1 Å². The number of halogens is 1. The molecule has 5 nitrogen and oxygen atoms in total. The molecule has 1 heterocycles. The molecule has 18 heavy (non-hydrogen) atoms. The van der Waals surface area contributed by atoms with E-state index in [9.17, 15) is 8.42 Å². The second-order valence-corrected chi connectivity index (χ2v) is 6.46. The molecule has 0 saturated heterocycles. The van der Waals surface area contributed by atoms with Gasteiger partial charge >= 0.3 is 0 Å². The van der Waals surface area contributed by atoms with E-state index in [1.807, 2.05) is 13.8 Å². The first-order valence-electron chi connectivity index (χ1n) is 5.91. The number of aromatic nitrogens is 2. The van der Waals surface area contributed by atoms with E-state index < -0.39 is 15.6 Å². The van der Waals surface area contributed by atoms with Crippen LogP contribution in [0.25, 0.3) is 0 Å². The normalized spacial score (nSPS) is 15.6. The molecule has 0 radical (unpaired) electrons. The predicted octanol–water partition coefficient (Wildman–Crippen LogP) is 1.90. The number of imidazole rings is 1. The molecule has 0 bridgehead atoms. The minimum absolute atomic E-state index is 0.0478. The molecule has 0 aliphatic rings. The van der Waals surface area contributed by atoms with Gasteiger partial charge in [-0.3, -0.25) is 0 Å². The van der Waals surface area contributed by atoms with Crippen LogP contribution in [0.3, 0.4) is 0 Å². The maximum absolute atomic E-state index is 12.2. The van der Waals surface area contributed by atoms with Gasteiger partial charge in [-0.2, -0.15) is 0 Å². The van der Waals surface area contributed by atoms with Crippen LogP contribution in [0.1, 0.15) is 33.0 Å². The first kappa shape index (κ1) is 15.5. The number of aryl methyl sites for hydroxylation is 2. The Bertz CT molecular complexity index is 506. The average Bonchev–Trinajstić information content (AvgIpc) is 2.70. The first-order valence-corrected chi connectivity index (χ1v) is 7.93. The smallest absolute Gasteiger partial charge is 0.260 e. The van der Waals surface area contributed by atoms with Crippen molar-refractivity contribution in [3.8, 4) is 0 Å². The maximum atomic E-state index is 12.2. The van der Waals surface area contributed by atoms with Crippen molar-refractivity contribution in [3.05, 3.63) is 12.0 Å². The number of hydrogen-bond acceptors (Lipinski definition) is 3. The average molecular weight is 294 g/mol. The second-order valence-electron chi connectivity index (χ2n) is 4.57. The molecular weight excluding hydrogens is 274 g/mol. The van der Waals surface area contributed by atoms with Crippen LogP contribution >= 0.6 is 11.6 Å². The second kappa shape index (κ2) is 5.59. The summed E-state index contributed by atoms with van der Waals surface area (Å²) in [7, 11) is -3.62. The summed E-state index contributed by atoms with van der Waals surface area (Å²) in [5, 5.41) is 0.0478. The van der Waals surface area contributed by atoms with E-state index in [-0.39, 0.29) is 10.9 Å². The van der Waals surface area contributed by atoms with Gasteiger partial charge < -0.3 is 4.57 Å². The van der Waals surface area contributed by atoms with Crippen molar-refractivity contribution in [3.63, 3.8) is 0 Å². The zero-order chi connectivity index (χ0) is 14.0. The van der Waals surface area contributed by atoms with Gasteiger partial charge in [0.25, 0.3) is 10.0 Å². The lowest BCUT2D eigenvalue weighted by Gasteiger charge is -2.25. The van der Waals surface area contributed by atoms with Crippen LogP contribution < -0.4 is 4.72 Å². The van der Waals surface area contributed by atoms with E-state index in [4.69, 9.17) is 11.6 Å². The molecule has 1 atom stereocenters. The van der Waals surface area contributed by atoms with E-state index >= 15 is 0 Å². The van der Waals surface area contributed by atoms with Gasteiger partial charge in [-0.15, -0.1) is 11.6 Å². The summed E-state index contributed by atoms with van der Waals surface area (Å²) in [4.78, 5) is 4.08. The van der Waals surface area contributed by atoms with Gasteiger partial charge in [-0.1, -0.05) is 6.92 Å². The Labute approximate surface area is 114 Å². The number of rotatable bonds is 6. The Morgan fingerprint density at radius 3 is 2.50 bits per heavy atom. The van der Waals surface area contributed by atoms with Crippen molar-refractivity contribution < 1.29 is 8.42 Å². The fraction of sp³-hybridized carbons (Fsp3) is 0.727. The summed E-state index contributed by atoms with van der Waals surface area (Å²) in [6.45, 7) is 8.08. The van der Waals surface area contributed by atoms with Crippen molar-refractivity contribution >= 4 is 21.6 Å². The zero-order valence-corrected chi connectivity index (χ0v) is 12.8. The van der Waals surface area contributed by atoms with E-state index in [1.54, 1.807) is 24.6 Å². The van der Waals surface area contributed by atoms with Crippen molar-refractivity contribution in [1.82, 2.24) is 14.3 Å². The lowest BCUT2D eigenvalue weighted by Crippen LogP contribution is -2.47. The highest BCUT2D eigenvalue weighted by Gasteiger charge is 2.30. The third kappa shape index (κ3) is 3.24. The van der Waals surface area contributed by atoms with Crippen molar-refractivity contribution in [1.29, 1.82) is 0 Å². The van der Waals surface area contributed by atoms with E-state index in [0.717, 1.165) is 0 Å². The Kier molecular flexibility index (Phi) is 4.80. The molecule has 1 aromatic heterocycles. The summed E-state index contributed by atoms with van der Waals surface area (Å²) in [6.07, 6.45) is 2.16. The summed E-state index contributed by atoms with van der Waals surface area (Å²) < 4.78 is 28.8. The number of sulfonamides is 1. The van der Waals surface area contributed by atoms with Crippen LogP contribution in [0.15, 0.2) is 11.2 Å². The molecule has 7 heteroatoms. The molecule has 0 spiro atoms. The van der Waals surface area contributed by atoms with Gasteiger partial charge in [0.2, 0.25) is 0 Å². The third-order valence-electron chi connectivity index (χ3n) is 3.03. The summed E-state index contributed by atoms with van der Waals surface area (Å²) in [6, 6.07) is 0. The SMILES string of the molecule is CCn1cc(S(=O)(=O)NC(C)(CC)CCl)nc1C. The minimum Gasteiger partial charge on any atom is -0.334 e. The molecule has 1 N–H and O–H groups in total. The standard InChI is InChI=1S/C11H20ClN3O2S/c1-5-11(4,8-12)14-18(16,17)10-7-15(6-2)9(3)13-10/h7,14H,5-6,8H2,1-4H3. The molecule has 0 aromatic carbocycles. The molecule has 0 aliphatic heterocycles. The van der Waals surface area contributed by atoms with Crippen LogP contribution in [0.2, 0.25) is 0 Å². The highest BCUT2D eigenvalue weighted by Crippen LogP contribution is 2.17. The Hall–Kier alpha value is -0.590. The Morgan fingerprint density at radius 1 is 1.50 bits per heavy atom. The molecule has 1 unspecified atom stereocenters. The van der Waals surface area contributed by atoms with Crippen LogP contribution in [-0.2, 0) is 16.6 Å². The quantitative estimate of drug-likeness (QED) is 0.815. The first-order chi connectivity index (χ1) is 8.28. The maximum Gasteiger partial charge on any atom is 0.260 e. The van der Waals surface area contributed by atoms with Crippen molar-refractivity contribution in [2.24, 2.45) is 0 Å². The van der Waals surface area contributed by atoms with Crippen LogP contribution in [0.5, 0.6) is 0 Å². The molecule has 1 rings (SSSR count). The Morgan fingerprint density at radius 2 is 2.11 bits per heavy atom. The highest BCUT2D eigenvalue weighted by atomic mass is 35.5. The van der Waals surface area contributed by atoms with Gasteiger partial charge in [0.1, 0.15) is 5.82 Å². The van der Waals surface area contributed by atoms with Crippen LogP contribution in [0.4, 0.5) is 0 Å². The van der Waals surface area contributed by atoms with Crippen molar-refractivity contribution in [2.75, 3.05) is 5.88 Å². The van der Waals surface area contributed by atoms with Gasteiger partial charge in [0, 0.05) is 24.2 Å². The summed E-state index contributed by atoms with van der Waals surface area (Å²) in [5.74, 6) is 0.901. The fourth-order valence-electron chi connectivity index (χ4n) is 1.50. The van der Waals surface area contributed by atoms with E-state index in [1.165, 1.54) is 0 Å². The number of nitrogens with zero attached hydrogens (tertiary/aromatic N) is 2. The minimum atomic E-state index is -3.62. The van der Waals surface area contributed by atoms with Crippen molar-refractivity contribution in [2.45, 2.75) is 51.2 Å².